The first-order valence-electron chi connectivity index (χ1n) is 6.26. The summed E-state index contributed by atoms with van der Waals surface area (Å²) in [6, 6.07) is 10.7. The molecule has 21 heavy (non-hydrogen) atoms. The highest BCUT2D eigenvalue weighted by atomic mass is 79.9. The molecule has 1 aliphatic heterocycles. The molecule has 0 aliphatic carbocycles. The fraction of sp³-hybridized carbons (Fsp3) is 0.143. The lowest BCUT2D eigenvalue weighted by molar-refractivity contribution is 0.591. The smallest absolute Gasteiger partial charge is 0.266 e. The van der Waals surface area contributed by atoms with Crippen LogP contribution in [0, 0.1) is 0 Å². The van der Waals surface area contributed by atoms with Crippen molar-refractivity contribution in [1.82, 2.24) is 0 Å². The summed E-state index contributed by atoms with van der Waals surface area (Å²) in [6.07, 6.45) is 0.722. The first kappa shape index (κ1) is 14.9. The molecular weight excluding hydrogens is 420 g/mol. The fourth-order valence-electron chi connectivity index (χ4n) is 2.49. The van der Waals surface area contributed by atoms with Crippen molar-refractivity contribution < 1.29 is 8.42 Å². The minimum absolute atomic E-state index is 0.202. The highest BCUT2D eigenvalue weighted by molar-refractivity contribution is 9.11. The maximum Gasteiger partial charge on any atom is 0.266 e. The van der Waals surface area contributed by atoms with Gasteiger partial charge in [-0.15, -0.1) is 0 Å². The minimum atomic E-state index is -3.65. The van der Waals surface area contributed by atoms with Crippen molar-refractivity contribution in [3.63, 3.8) is 0 Å². The molecule has 2 aromatic rings. The van der Waals surface area contributed by atoms with Crippen LogP contribution < -0.4 is 10.0 Å². The third-order valence-corrected chi connectivity index (χ3v) is 7.10. The van der Waals surface area contributed by atoms with Gasteiger partial charge in [0.25, 0.3) is 10.0 Å². The Morgan fingerprint density at radius 2 is 1.71 bits per heavy atom. The largest absolute Gasteiger partial charge is 0.399 e. The number of fused-ring (bicyclic) bond motifs is 1. The standard InChI is InChI=1S/C14H12Br2N2O2S/c15-11-7-10(17)8-12(16)14(11)21(19,20)18-6-5-9-3-1-2-4-13(9)18/h1-4,7-8H,5-6,17H2. The van der Waals surface area contributed by atoms with Gasteiger partial charge in [0.2, 0.25) is 0 Å². The molecule has 0 fully saturated rings. The van der Waals surface area contributed by atoms with Crippen molar-refractivity contribution in [1.29, 1.82) is 0 Å². The number of benzene rings is 2. The summed E-state index contributed by atoms with van der Waals surface area (Å²) in [6.45, 7) is 0.449. The Morgan fingerprint density at radius 3 is 2.38 bits per heavy atom. The number of nitrogens with two attached hydrogens (primary N) is 1. The maximum atomic E-state index is 13.0. The molecule has 0 atom stereocenters. The van der Waals surface area contributed by atoms with Gasteiger partial charge in [-0.2, -0.15) is 0 Å². The average molecular weight is 432 g/mol. The molecule has 0 radical (unpaired) electrons. The Labute approximate surface area is 140 Å². The second kappa shape index (κ2) is 5.30. The Balaban J connectivity index is 2.16. The van der Waals surface area contributed by atoms with Crippen LogP contribution in [0.4, 0.5) is 11.4 Å². The van der Waals surface area contributed by atoms with Gasteiger partial charge in [-0.3, -0.25) is 4.31 Å². The Hall–Kier alpha value is -1.05. The maximum absolute atomic E-state index is 13.0. The molecule has 2 aromatic carbocycles. The van der Waals surface area contributed by atoms with E-state index in [9.17, 15) is 8.42 Å². The normalized spacial score (nSPS) is 14.3. The van der Waals surface area contributed by atoms with Crippen molar-refractivity contribution >= 4 is 53.3 Å². The van der Waals surface area contributed by atoms with E-state index in [1.165, 1.54) is 4.31 Å². The number of nitrogens with zero attached hydrogens (tertiary/aromatic N) is 1. The summed E-state index contributed by atoms with van der Waals surface area (Å²) in [5, 5.41) is 0. The molecule has 0 saturated heterocycles. The van der Waals surface area contributed by atoms with Crippen LogP contribution in [0.25, 0.3) is 0 Å². The summed E-state index contributed by atoms with van der Waals surface area (Å²) in [7, 11) is -3.65. The van der Waals surface area contributed by atoms with Gasteiger partial charge in [-0.1, -0.05) is 18.2 Å². The van der Waals surface area contributed by atoms with Crippen LogP contribution in [-0.2, 0) is 16.4 Å². The van der Waals surface area contributed by atoms with Gasteiger partial charge >= 0.3 is 0 Å². The van der Waals surface area contributed by atoms with Crippen LogP contribution in [-0.4, -0.2) is 15.0 Å². The molecule has 4 nitrogen and oxygen atoms in total. The molecule has 1 aliphatic rings. The third kappa shape index (κ3) is 2.47. The molecule has 0 bridgehead atoms. The second-order valence-electron chi connectivity index (χ2n) is 4.77. The van der Waals surface area contributed by atoms with E-state index < -0.39 is 10.0 Å². The van der Waals surface area contributed by atoms with Crippen LogP contribution in [0.5, 0.6) is 0 Å². The van der Waals surface area contributed by atoms with E-state index in [4.69, 9.17) is 5.73 Å². The lowest BCUT2D eigenvalue weighted by Gasteiger charge is -2.21. The van der Waals surface area contributed by atoms with Gasteiger partial charge in [0.05, 0.1) is 5.69 Å². The highest BCUT2D eigenvalue weighted by Crippen LogP contribution is 2.38. The molecule has 2 N–H and O–H groups in total. The SMILES string of the molecule is Nc1cc(Br)c(S(=O)(=O)N2CCc3ccccc32)c(Br)c1. The second-order valence-corrected chi connectivity index (χ2v) is 8.28. The van der Waals surface area contributed by atoms with E-state index in [1.807, 2.05) is 24.3 Å². The number of halogens is 2. The zero-order valence-electron chi connectivity index (χ0n) is 10.9. The molecule has 110 valence electrons. The monoisotopic (exact) mass is 430 g/mol. The highest BCUT2D eigenvalue weighted by Gasteiger charge is 2.33. The fourth-order valence-corrected chi connectivity index (χ4v) is 6.54. The van der Waals surface area contributed by atoms with Crippen LogP contribution >= 0.6 is 31.9 Å². The number of nitrogen functional groups attached to an aromatic ring is 1. The summed E-state index contributed by atoms with van der Waals surface area (Å²) < 4.78 is 28.3. The van der Waals surface area contributed by atoms with E-state index in [2.05, 4.69) is 31.9 Å². The van der Waals surface area contributed by atoms with Gasteiger partial charge in [-0.25, -0.2) is 8.42 Å². The summed E-state index contributed by atoms with van der Waals surface area (Å²) in [5.41, 5.74) is 8.02. The van der Waals surface area contributed by atoms with Crippen molar-refractivity contribution in [2.24, 2.45) is 0 Å². The van der Waals surface area contributed by atoms with Crippen LogP contribution in [0.2, 0.25) is 0 Å². The molecule has 0 amide bonds. The first-order valence-corrected chi connectivity index (χ1v) is 9.29. The van der Waals surface area contributed by atoms with E-state index in [1.54, 1.807) is 12.1 Å². The van der Waals surface area contributed by atoms with E-state index >= 15 is 0 Å². The van der Waals surface area contributed by atoms with Crippen molar-refractivity contribution in [2.75, 3.05) is 16.6 Å². The zero-order valence-corrected chi connectivity index (χ0v) is 14.9. The molecule has 3 rings (SSSR count). The van der Waals surface area contributed by atoms with Crippen LogP contribution in [0.15, 0.2) is 50.2 Å². The average Bonchev–Trinajstić information content (AvgIpc) is 2.81. The van der Waals surface area contributed by atoms with Crippen molar-refractivity contribution in [2.45, 2.75) is 11.3 Å². The Kier molecular flexibility index (Phi) is 3.75. The van der Waals surface area contributed by atoms with E-state index in [0.29, 0.717) is 21.2 Å². The minimum Gasteiger partial charge on any atom is -0.399 e. The lowest BCUT2D eigenvalue weighted by atomic mass is 10.2. The van der Waals surface area contributed by atoms with E-state index in [0.717, 1.165) is 17.7 Å². The molecule has 0 saturated carbocycles. The predicted molar refractivity (Wildman–Crippen MR) is 90.9 cm³/mol. The molecule has 7 heteroatoms. The topological polar surface area (TPSA) is 63.4 Å². The Morgan fingerprint density at radius 1 is 1.10 bits per heavy atom. The third-order valence-electron chi connectivity index (χ3n) is 3.41. The summed E-state index contributed by atoms with van der Waals surface area (Å²) >= 11 is 6.61. The van der Waals surface area contributed by atoms with Crippen molar-refractivity contribution in [3.05, 3.63) is 50.9 Å². The zero-order chi connectivity index (χ0) is 15.2. The first-order chi connectivity index (χ1) is 9.91. The van der Waals surface area contributed by atoms with Crippen molar-refractivity contribution in [3.8, 4) is 0 Å². The summed E-state index contributed by atoms with van der Waals surface area (Å²) in [5.74, 6) is 0. The number of hydrogen-bond acceptors (Lipinski definition) is 3. The van der Waals surface area contributed by atoms with Crippen LogP contribution in [0.1, 0.15) is 5.56 Å². The Bertz CT molecular complexity index is 798. The van der Waals surface area contributed by atoms with Gasteiger partial charge < -0.3 is 5.73 Å². The number of sulfonamides is 1. The molecular formula is C14H12Br2N2O2S. The van der Waals surface area contributed by atoms with E-state index in [-0.39, 0.29) is 4.90 Å². The van der Waals surface area contributed by atoms with Gasteiger partial charge in [0.15, 0.2) is 0 Å². The molecule has 0 spiro atoms. The number of anilines is 2. The molecule has 0 aromatic heterocycles. The van der Waals surface area contributed by atoms with Gasteiger partial charge in [-0.05, 0) is 62.0 Å². The van der Waals surface area contributed by atoms with Gasteiger partial charge in [0.1, 0.15) is 4.90 Å². The van der Waals surface area contributed by atoms with Gasteiger partial charge in [0, 0.05) is 21.2 Å². The predicted octanol–water partition coefficient (Wildman–Crippen LogP) is 3.55. The quantitative estimate of drug-likeness (QED) is 0.739. The lowest BCUT2D eigenvalue weighted by Crippen LogP contribution is -2.29. The number of rotatable bonds is 2. The number of para-hydroxylation sites is 1. The number of hydrogen-bond donors (Lipinski definition) is 1. The molecule has 1 heterocycles. The summed E-state index contributed by atoms with van der Waals surface area (Å²) in [4.78, 5) is 0.202. The molecule has 0 unspecified atom stereocenters. The van der Waals surface area contributed by atoms with Crippen LogP contribution in [0.3, 0.4) is 0 Å².